The van der Waals surface area contributed by atoms with E-state index in [1.807, 2.05) is 79.8 Å². The van der Waals surface area contributed by atoms with Crippen molar-refractivity contribution in [1.29, 1.82) is 0 Å². The Morgan fingerprint density at radius 2 is 1.27 bits per heavy atom. The Kier molecular flexibility index (Phi) is 12.3. The average Bonchev–Trinajstić information content (AvgIpc) is 3.15. The Morgan fingerprint density at radius 1 is 0.673 bits per heavy atom. The molecule has 3 atom stereocenters. The van der Waals surface area contributed by atoms with Crippen LogP contribution in [-0.2, 0) is 30.4 Å². The van der Waals surface area contributed by atoms with Crippen molar-refractivity contribution < 1.29 is 28.8 Å². The van der Waals surface area contributed by atoms with E-state index in [-0.39, 0.29) is 18.9 Å². The van der Waals surface area contributed by atoms with E-state index < -0.39 is 53.5 Å². The molecule has 1 aliphatic rings. The SMILES string of the molecule is CC(C)[C@H](NC(=O)[C@H](C)NC(=O)[C@H](Cc1cccc2ccccc12)NC(=O)c1cccc2ccccc12)C(=O)C(=O)NCC(=O)N1CCN(C)CC1. The monoisotopic (exact) mass is 706 g/mol. The minimum atomic E-state index is -1.21. The molecule has 12 heteroatoms. The third-order valence-electron chi connectivity index (χ3n) is 9.44. The van der Waals surface area contributed by atoms with E-state index in [9.17, 15) is 28.8 Å². The quantitative estimate of drug-likeness (QED) is 0.156. The number of nitrogens with one attached hydrogen (secondary N) is 4. The summed E-state index contributed by atoms with van der Waals surface area (Å²) in [4.78, 5) is 83.4. The van der Waals surface area contributed by atoms with Crippen molar-refractivity contribution in [3.8, 4) is 0 Å². The average molecular weight is 707 g/mol. The van der Waals surface area contributed by atoms with Gasteiger partial charge >= 0.3 is 0 Å². The number of likely N-dealkylation sites (N-methyl/N-ethyl adjacent to an activating group) is 1. The molecule has 0 radical (unpaired) electrons. The summed E-state index contributed by atoms with van der Waals surface area (Å²) in [6.07, 6.45) is 0.137. The first kappa shape index (κ1) is 37.6. The number of Topliss-reactive ketones (excluding diaryl/α,β-unsaturated/α-hetero) is 1. The van der Waals surface area contributed by atoms with Crippen molar-refractivity contribution in [1.82, 2.24) is 31.1 Å². The molecule has 0 saturated carbocycles. The molecule has 4 aromatic rings. The van der Waals surface area contributed by atoms with Gasteiger partial charge in [0, 0.05) is 38.2 Å². The second-order valence-electron chi connectivity index (χ2n) is 13.6. The van der Waals surface area contributed by atoms with Gasteiger partial charge in [0.05, 0.1) is 12.6 Å². The minimum Gasteiger partial charge on any atom is -0.344 e. The number of benzene rings is 4. The molecule has 0 spiro atoms. The molecule has 1 saturated heterocycles. The summed E-state index contributed by atoms with van der Waals surface area (Å²) >= 11 is 0. The van der Waals surface area contributed by atoms with E-state index in [0.717, 1.165) is 40.2 Å². The number of piperazine rings is 1. The molecule has 1 aliphatic heterocycles. The molecule has 0 aliphatic carbocycles. The highest BCUT2D eigenvalue weighted by molar-refractivity contribution is 6.38. The maximum Gasteiger partial charge on any atom is 0.290 e. The van der Waals surface area contributed by atoms with Gasteiger partial charge in [0.2, 0.25) is 23.5 Å². The Bertz CT molecular complexity index is 1960. The zero-order chi connectivity index (χ0) is 37.4. The first-order valence-electron chi connectivity index (χ1n) is 17.6. The summed E-state index contributed by atoms with van der Waals surface area (Å²) in [6, 6.07) is 22.9. The molecule has 5 rings (SSSR count). The van der Waals surface area contributed by atoms with Crippen molar-refractivity contribution in [3.63, 3.8) is 0 Å². The molecular weight excluding hydrogens is 660 g/mol. The fourth-order valence-corrected chi connectivity index (χ4v) is 6.30. The van der Waals surface area contributed by atoms with E-state index in [1.165, 1.54) is 6.92 Å². The van der Waals surface area contributed by atoms with Crippen LogP contribution in [0.4, 0.5) is 0 Å². The Hall–Kier alpha value is -5.62. The lowest BCUT2D eigenvalue weighted by atomic mass is 9.97. The Labute approximate surface area is 303 Å². The first-order chi connectivity index (χ1) is 24.9. The smallest absolute Gasteiger partial charge is 0.290 e. The van der Waals surface area contributed by atoms with Gasteiger partial charge in [0.25, 0.3) is 11.8 Å². The molecule has 4 aromatic carbocycles. The van der Waals surface area contributed by atoms with Gasteiger partial charge in [-0.3, -0.25) is 28.8 Å². The van der Waals surface area contributed by atoms with Crippen LogP contribution in [0.5, 0.6) is 0 Å². The van der Waals surface area contributed by atoms with Crippen LogP contribution in [-0.4, -0.2) is 103 Å². The lowest BCUT2D eigenvalue weighted by Crippen LogP contribution is -2.57. The van der Waals surface area contributed by atoms with Crippen LogP contribution in [0, 0.1) is 5.92 Å². The van der Waals surface area contributed by atoms with Crippen LogP contribution < -0.4 is 21.3 Å². The van der Waals surface area contributed by atoms with Gasteiger partial charge in [0.1, 0.15) is 12.1 Å². The highest BCUT2D eigenvalue weighted by Crippen LogP contribution is 2.22. The Morgan fingerprint density at radius 3 is 1.94 bits per heavy atom. The fourth-order valence-electron chi connectivity index (χ4n) is 6.30. The molecule has 4 N–H and O–H groups in total. The normalized spacial score (nSPS) is 15.1. The van der Waals surface area contributed by atoms with Gasteiger partial charge in [-0.15, -0.1) is 0 Å². The van der Waals surface area contributed by atoms with Gasteiger partial charge in [-0.1, -0.05) is 92.7 Å². The number of hydrogen-bond acceptors (Lipinski definition) is 7. The van der Waals surface area contributed by atoms with Crippen molar-refractivity contribution in [2.24, 2.45) is 5.92 Å². The topological polar surface area (TPSA) is 157 Å². The summed E-state index contributed by atoms with van der Waals surface area (Å²) in [5.41, 5.74) is 1.23. The summed E-state index contributed by atoms with van der Waals surface area (Å²) < 4.78 is 0. The van der Waals surface area contributed by atoms with Gasteiger partial charge in [-0.2, -0.15) is 0 Å². The second-order valence-corrected chi connectivity index (χ2v) is 13.6. The number of ketones is 1. The first-order valence-corrected chi connectivity index (χ1v) is 17.6. The number of hydrogen-bond donors (Lipinski definition) is 4. The maximum absolute atomic E-state index is 13.9. The van der Waals surface area contributed by atoms with Crippen LogP contribution in [0.15, 0.2) is 84.9 Å². The number of carbonyl (C=O) groups is 6. The van der Waals surface area contributed by atoms with Gasteiger partial charge in [-0.25, -0.2) is 0 Å². The second kappa shape index (κ2) is 17.1. The van der Waals surface area contributed by atoms with E-state index in [1.54, 1.807) is 30.9 Å². The van der Waals surface area contributed by atoms with Crippen LogP contribution >= 0.6 is 0 Å². The van der Waals surface area contributed by atoms with Gasteiger partial charge < -0.3 is 31.1 Å². The summed E-state index contributed by atoms with van der Waals surface area (Å²) in [5, 5.41) is 14.1. The predicted octanol–water partition coefficient (Wildman–Crippen LogP) is 2.44. The standard InChI is InChI=1S/C40H46N6O6/c1-25(2)35(36(48)40(52)41-24-34(47)46-21-19-45(4)20-22-46)44-37(49)26(3)42-39(51)33(23-29-15-9-13-27-11-5-7-16-30(27)29)43-38(50)32-18-10-14-28-12-6-8-17-31(28)32/h5-18,25-26,33,35H,19-24H2,1-4H3,(H,41,52)(H,42,51)(H,43,50)(H,44,49)/t26-,33-,35-/m0/s1. The number of amides is 5. The van der Waals surface area contributed by atoms with E-state index in [4.69, 9.17) is 0 Å². The largest absolute Gasteiger partial charge is 0.344 e. The van der Waals surface area contributed by atoms with E-state index >= 15 is 0 Å². The van der Waals surface area contributed by atoms with E-state index in [0.29, 0.717) is 18.7 Å². The zero-order valence-electron chi connectivity index (χ0n) is 30.0. The van der Waals surface area contributed by atoms with Crippen molar-refractivity contribution >= 4 is 56.9 Å². The highest BCUT2D eigenvalue weighted by Gasteiger charge is 2.33. The summed E-state index contributed by atoms with van der Waals surface area (Å²) in [6.45, 7) is 6.99. The molecule has 5 amide bonds. The summed E-state index contributed by atoms with van der Waals surface area (Å²) in [5.74, 6) is -4.38. The van der Waals surface area contributed by atoms with Crippen molar-refractivity contribution in [2.75, 3.05) is 39.8 Å². The molecule has 272 valence electrons. The van der Waals surface area contributed by atoms with Gasteiger partial charge in [0.15, 0.2) is 0 Å². The van der Waals surface area contributed by atoms with Crippen LogP contribution in [0.2, 0.25) is 0 Å². The van der Waals surface area contributed by atoms with Crippen molar-refractivity contribution in [2.45, 2.75) is 45.3 Å². The molecule has 1 heterocycles. The highest BCUT2D eigenvalue weighted by atomic mass is 16.2. The summed E-state index contributed by atoms with van der Waals surface area (Å²) in [7, 11) is 1.96. The number of carbonyl (C=O) groups excluding carboxylic acids is 6. The van der Waals surface area contributed by atoms with Gasteiger partial charge in [-0.05, 0) is 53.1 Å². The minimum absolute atomic E-state index is 0.137. The molecule has 1 fully saturated rings. The maximum atomic E-state index is 13.9. The molecule has 52 heavy (non-hydrogen) atoms. The van der Waals surface area contributed by atoms with Crippen LogP contribution in [0.3, 0.4) is 0 Å². The van der Waals surface area contributed by atoms with Crippen LogP contribution in [0.1, 0.15) is 36.7 Å². The third-order valence-corrected chi connectivity index (χ3v) is 9.44. The molecule has 0 bridgehead atoms. The molecule has 0 aromatic heterocycles. The number of nitrogens with zero attached hydrogens (tertiary/aromatic N) is 2. The lowest BCUT2D eigenvalue weighted by molar-refractivity contribution is -0.142. The lowest BCUT2D eigenvalue weighted by Gasteiger charge is -2.32. The Balaban J connectivity index is 1.27. The zero-order valence-corrected chi connectivity index (χ0v) is 30.0. The fraction of sp³-hybridized carbons (Fsp3) is 0.350. The predicted molar refractivity (Wildman–Crippen MR) is 199 cm³/mol. The van der Waals surface area contributed by atoms with Crippen molar-refractivity contribution in [3.05, 3.63) is 96.1 Å². The number of fused-ring (bicyclic) bond motifs is 2. The third kappa shape index (κ3) is 9.18. The number of rotatable bonds is 13. The van der Waals surface area contributed by atoms with Crippen LogP contribution in [0.25, 0.3) is 21.5 Å². The molecular formula is C40H46N6O6. The molecule has 12 nitrogen and oxygen atoms in total. The molecule has 0 unspecified atom stereocenters. The van der Waals surface area contributed by atoms with E-state index in [2.05, 4.69) is 26.2 Å².